The summed E-state index contributed by atoms with van der Waals surface area (Å²) in [5.74, 6) is -2.15. The van der Waals surface area contributed by atoms with Gasteiger partial charge in [-0.15, -0.1) is 0 Å². The van der Waals surface area contributed by atoms with Gasteiger partial charge < -0.3 is 14.7 Å². The van der Waals surface area contributed by atoms with Crippen LogP contribution in [-0.2, 0) is 9.59 Å². The third-order valence-corrected chi connectivity index (χ3v) is 1.80. The molecule has 0 aliphatic rings. The first-order chi connectivity index (χ1) is 7.75. The lowest BCUT2D eigenvalue weighted by atomic mass is 10.3. The highest BCUT2D eigenvalue weighted by molar-refractivity contribution is 5.75. The minimum atomic E-state index is -1.08. The molecule has 0 fully saturated rings. The molecule has 0 amide bonds. The van der Waals surface area contributed by atoms with E-state index >= 15 is 0 Å². The number of carboxylic acid groups (broad SMARTS) is 2. The molecule has 0 aliphatic carbocycles. The third kappa shape index (κ3) is 17.0. The van der Waals surface area contributed by atoms with Crippen molar-refractivity contribution in [3.05, 3.63) is 25.3 Å². The van der Waals surface area contributed by atoms with E-state index in [9.17, 15) is 9.59 Å². The van der Waals surface area contributed by atoms with Crippen LogP contribution in [0.4, 0.5) is 0 Å². The quantitative estimate of drug-likeness (QED) is 0.524. The molecule has 0 atom stereocenters. The molecule has 0 bridgehead atoms. The Bertz CT molecular complexity index is 246. The topological polar surface area (TPSA) is 74.6 Å². The molecular weight excluding hydrogens is 222 g/mol. The van der Waals surface area contributed by atoms with Gasteiger partial charge in [0.2, 0.25) is 0 Å². The van der Waals surface area contributed by atoms with Crippen molar-refractivity contribution in [3.8, 4) is 0 Å². The van der Waals surface area contributed by atoms with Gasteiger partial charge in [-0.25, -0.2) is 0 Å². The summed E-state index contributed by atoms with van der Waals surface area (Å²) >= 11 is 0. The Labute approximate surface area is 102 Å². The van der Waals surface area contributed by atoms with E-state index in [1.807, 2.05) is 12.2 Å². The van der Waals surface area contributed by atoms with E-state index in [1.165, 1.54) is 0 Å². The van der Waals surface area contributed by atoms with Crippen LogP contribution in [-0.4, -0.2) is 53.8 Å². The van der Waals surface area contributed by atoms with E-state index in [4.69, 9.17) is 10.2 Å². The van der Waals surface area contributed by atoms with Crippen LogP contribution in [0.25, 0.3) is 0 Å². The Morgan fingerprint density at radius 2 is 1.29 bits per heavy atom. The molecule has 0 aromatic heterocycles. The van der Waals surface area contributed by atoms with Crippen molar-refractivity contribution in [3.63, 3.8) is 0 Å². The van der Waals surface area contributed by atoms with Crippen molar-refractivity contribution in [2.75, 3.05) is 27.2 Å². The fourth-order valence-corrected chi connectivity index (χ4v) is 0.987. The lowest BCUT2D eigenvalue weighted by Crippen LogP contribution is -2.39. The van der Waals surface area contributed by atoms with Gasteiger partial charge in [0.1, 0.15) is 0 Å². The Hall–Kier alpha value is -1.62. The molecule has 2 N–H and O–H groups in total. The fraction of sp³-hybridized carbons (Fsp3) is 0.500. The smallest absolute Gasteiger partial charge is 0.303 e. The number of carboxylic acids is 2. The van der Waals surface area contributed by atoms with Gasteiger partial charge in [0.25, 0.3) is 0 Å². The lowest BCUT2D eigenvalue weighted by molar-refractivity contribution is -0.878. The zero-order valence-corrected chi connectivity index (χ0v) is 10.6. The first kappa shape index (κ1) is 17.8. The number of nitrogens with zero attached hydrogens (tertiary/aromatic N) is 1. The average molecular weight is 244 g/mol. The van der Waals surface area contributed by atoms with Gasteiger partial charge in [-0.2, -0.15) is 0 Å². The molecule has 0 spiro atoms. The standard InChI is InChI=1S/C8H16N.C4H6O4/c1-5-7-9(3,4)8-6-2;5-3(6)1-2-4(7)8/h5-6H,1-2,7-8H2,3-4H3;1-2H2,(H,5,6)(H,7,8)/q+1;. The van der Waals surface area contributed by atoms with E-state index in [0.29, 0.717) is 0 Å². The Morgan fingerprint density at radius 1 is 1.00 bits per heavy atom. The van der Waals surface area contributed by atoms with Crippen molar-refractivity contribution in [1.82, 2.24) is 0 Å². The molecule has 0 aromatic carbocycles. The van der Waals surface area contributed by atoms with E-state index in [2.05, 4.69) is 27.3 Å². The van der Waals surface area contributed by atoms with Gasteiger partial charge in [-0.3, -0.25) is 9.59 Å². The normalized spacial score (nSPS) is 9.76. The zero-order chi connectivity index (χ0) is 13.9. The van der Waals surface area contributed by atoms with Gasteiger partial charge in [-0.05, 0) is 12.2 Å². The molecule has 0 rings (SSSR count). The summed E-state index contributed by atoms with van der Waals surface area (Å²) in [5.41, 5.74) is 0. The number of aliphatic carboxylic acids is 2. The van der Waals surface area contributed by atoms with Crippen LogP contribution in [0.1, 0.15) is 12.8 Å². The number of likely N-dealkylation sites (N-methyl/N-ethyl adjacent to an activating group) is 1. The molecule has 0 saturated heterocycles. The van der Waals surface area contributed by atoms with Crippen LogP contribution >= 0.6 is 0 Å². The Kier molecular flexibility index (Phi) is 10.0. The molecule has 0 radical (unpaired) electrons. The van der Waals surface area contributed by atoms with Gasteiger partial charge in [0, 0.05) is 0 Å². The number of quaternary nitrogens is 1. The molecule has 5 heteroatoms. The molecular formula is C12H22NO4+. The molecule has 0 aromatic rings. The van der Waals surface area contributed by atoms with E-state index in [0.717, 1.165) is 17.6 Å². The summed E-state index contributed by atoms with van der Waals surface area (Å²) in [7, 11) is 4.31. The molecule has 0 heterocycles. The maximum absolute atomic E-state index is 9.64. The number of hydrogen-bond donors (Lipinski definition) is 2. The fourth-order valence-electron chi connectivity index (χ4n) is 0.987. The Balaban J connectivity index is 0. The van der Waals surface area contributed by atoms with Crippen LogP contribution in [0.3, 0.4) is 0 Å². The number of carbonyl (C=O) groups is 2. The maximum Gasteiger partial charge on any atom is 0.303 e. The van der Waals surface area contributed by atoms with Gasteiger partial charge in [0.15, 0.2) is 0 Å². The summed E-state index contributed by atoms with van der Waals surface area (Å²) in [6, 6.07) is 0. The molecule has 0 saturated carbocycles. The van der Waals surface area contributed by atoms with E-state index in [-0.39, 0.29) is 12.8 Å². The zero-order valence-electron chi connectivity index (χ0n) is 10.6. The van der Waals surface area contributed by atoms with Crippen LogP contribution in [0.2, 0.25) is 0 Å². The minimum Gasteiger partial charge on any atom is -0.481 e. The van der Waals surface area contributed by atoms with Crippen LogP contribution in [0.5, 0.6) is 0 Å². The second-order valence-electron chi connectivity index (χ2n) is 4.17. The van der Waals surface area contributed by atoms with Gasteiger partial charge in [-0.1, -0.05) is 13.2 Å². The highest BCUT2D eigenvalue weighted by Crippen LogP contribution is 1.95. The van der Waals surface area contributed by atoms with Crippen LogP contribution < -0.4 is 0 Å². The molecule has 5 nitrogen and oxygen atoms in total. The SMILES string of the molecule is C=CC[N+](C)(C)CC=C.O=C(O)CCC(=O)O. The molecule has 0 unspecified atom stereocenters. The van der Waals surface area contributed by atoms with Crippen LogP contribution in [0, 0.1) is 0 Å². The monoisotopic (exact) mass is 244 g/mol. The van der Waals surface area contributed by atoms with Crippen LogP contribution in [0.15, 0.2) is 25.3 Å². The molecule has 0 aliphatic heterocycles. The molecule has 98 valence electrons. The Morgan fingerprint density at radius 3 is 1.47 bits per heavy atom. The van der Waals surface area contributed by atoms with Crippen molar-refractivity contribution in [2.45, 2.75) is 12.8 Å². The highest BCUT2D eigenvalue weighted by atomic mass is 16.4. The second kappa shape index (κ2) is 9.59. The predicted molar refractivity (Wildman–Crippen MR) is 66.7 cm³/mol. The van der Waals surface area contributed by atoms with Crippen molar-refractivity contribution >= 4 is 11.9 Å². The minimum absolute atomic E-state index is 0.296. The molecule has 17 heavy (non-hydrogen) atoms. The van der Waals surface area contributed by atoms with Gasteiger partial charge >= 0.3 is 11.9 Å². The van der Waals surface area contributed by atoms with E-state index in [1.54, 1.807) is 0 Å². The summed E-state index contributed by atoms with van der Waals surface area (Å²) in [6.07, 6.45) is 3.28. The largest absolute Gasteiger partial charge is 0.481 e. The summed E-state index contributed by atoms with van der Waals surface area (Å²) in [4.78, 5) is 19.3. The summed E-state index contributed by atoms with van der Waals surface area (Å²) < 4.78 is 0.951. The average Bonchev–Trinajstić information content (AvgIpc) is 2.15. The third-order valence-electron chi connectivity index (χ3n) is 1.80. The summed E-state index contributed by atoms with van der Waals surface area (Å²) in [5, 5.41) is 15.8. The highest BCUT2D eigenvalue weighted by Gasteiger charge is 2.07. The first-order valence-corrected chi connectivity index (χ1v) is 5.22. The predicted octanol–water partition coefficient (Wildman–Crippen LogP) is 1.37. The van der Waals surface area contributed by atoms with Crippen molar-refractivity contribution < 1.29 is 24.3 Å². The first-order valence-electron chi connectivity index (χ1n) is 5.22. The number of hydrogen-bond acceptors (Lipinski definition) is 2. The lowest BCUT2D eigenvalue weighted by Gasteiger charge is -2.26. The summed E-state index contributed by atoms with van der Waals surface area (Å²) in [6.45, 7) is 9.37. The van der Waals surface area contributed by atoms with Crippen molar-refractivity contribution in [1.29, 1.82) is 0 Å². The maximum atomic E-state index is 9.64. The van der Waals surface area contributed by atoms with Gasteiger partial charge in [0.05, 0.1) is 40.0 Å². The second-order valence-corrected chi connectivity index (χ2v) is 4.17. The van der Waals surface area contributed by atoms with Crippen molar-refractivity contribution in [2.24, 2.45) is 0 Å². The number of rotatable bonds is 7. The van der Waals surface area contributed by atoms with E-state index < -0.39 is 11.9 Å².